The molecule has 4 N–H and O–H groups in total. The Kier molecular flexibility index (Phi) is 4.62. The Labute approximate surface area is 143 Å². The lowest BCUT2D eigenvalue weighted by Gasteiger charge is -2.12. The van der Waals surface area contributed by atoms with Crippen LogP contribution < -0.4 is 16.5 Å². The Bertz CT molecular complexity index is 941. The summed E-state index contributed by atoms with van der Waals surface area (Å²) >= 11 is 0. The van der Waals surface area contributed by atoms with E-state index in [9.17, 15) is 15.0 Å². The minimum absolute atomic E-state index is 0.151. The monoisotopic (exact) mass is 339 g/mol. The van der Waals surface area contributed by atoms with E-state index in [0.717, 1.165) is 5.56 Å². The lowest BCUT2D eigenvalue weighted by molar-refractivity contribution is 0.403. The highest BCUT2D eigenvalue weighted by Crippen LogP contribution is 2.26. The smallest absolute Gasteiger partial charge is 0.356 e. The average Bonchev–Trinajstić information content (AvgIpc) is 2.58. The van der Waals surface area contributed by atoms with Gasteiger partial charge in [-0.3, -0.25) is 5.43 Å². The van der Waals surface area contributed by atoms with E-state index in [4.69, 9.17) is 0 Å². The number of rotatable bonds is 5. The molecule has 0 fully saturated rings. The van der Waals surface area contributed by atoms with Crippen molar-refractivity contribution in [2.75, 3.05) is 5.43 Å². The summed E-state index contributed by atoms with van der Waals surface area (Å²) in [7, 11) is 0. The number of hydrogen-bond donors (Lipinski definition) is 4. The van der Waals surface area contributed by atoms with E-state index < -0.39 is 5.69 Å². The number of benzene rings is 2. The summed E-state index contributed by atoms with van der Waals surface area (Å²) in [5, 5.41) is 19.0. The molecule has 0 aliphatic carbocycles. The van der Waals surface area contributed by atoms with Gasteiger partial charge in [-0.1, -0.05) is 30.3 Å². The molecule has 0 radical (unpaired) electrons. The summed E-state index contributed by atoms with van der Waals surface area (Å²) in [5.41, 5.74) is 6.63. The van der Waals surface area contributed by atoms with E-state index in [1.807, 2.05) is 30.3 Å². The van der Waals surface area contributed by atoms with E-state index in [-0.39, 0.29) is 17.4 Å². The Balaban J connectivity index is 1.78. The molecule has 25 heavy (non-hydrogen) atoms. The average molecular weight is 339 g/mol. The molecule has 0 atom stereocenters. The molecule has 0 bridgehead atoms. The highest BCUT2D eigenvalue weighted by molar-refractivity contribution is 5.47. The van der Waals surface area contributed by atoms with Crippen LogP contribution in [0.3, 0.4) is 0 Å². The Morgan fingerprint density at radius 1 is 1.04 bits per heavy atom. The second-order valence-corrected chi connectivity index (χ2v) is 5.35. The van der Waals surface area contributed by atoms with Gasteiger partial charge in [-0.25, -0.2) is 14.8 Å². The predicted octanol–water partition coefficient (Wildman–Crippen LogP) is 1.46. The van der Waals surface area contributed by atoms with Gasteiger partial charge in [-0.2, -0.15) is 9.97 Å². The molecule has 0 saturated heterocycles. The van der Waals surface area contributed by atoms with Crippen molar-refractivity contribution in [3.05, 3.63) is 70.4 Å². The van der Waals surface area contributed by atoms with Gasteiger partial charge in [0, 0.05) is 12.6 Å². The van der Waals surface area contributed by atoms with Gasteiger partial charge in [-0.05, 0) is 24.6 Å². The van der Waals surface area contributed by atoms with E-state index in [2.05, 4.69) is 20.8 Å². The topological polar surface area (TPSA) is 112 Å². The first kappa shape index (κ1) is 16.5. The first-order chi connectivity index (χ1) is 12.0. The summed E-state index contributed by atoms with van der Waals surface area (Å²) in [4.78, 5) is 20.4. The fraction of sp³-hybridized carbons (Fsp3) is 0.118. The second kappa shape index (κ2) is 7.02. The molecule has 1 heterocycles. The Hall–Kier alpha value is -3.39. The number of aryl methyl sites for hydroxylation is 1. The zero-order valence-corrected chi connectivity index (χ0v) is 13.5. The number of hydrogen-bond acceptors (Lipinski definition) is 7. The molecule has 8 nitrogen and oxygen atoms in total. The van der Waals surface area contributed by atoms with Gasteiger partial charge in [0.1, 0.15) is 5.82 Å². The second-order valence-electron chi connectivity index (χ2n) is 5.35. The fourth-order valence-corrected chi connectivity index (χ4v) is 2.33. The molecule has 1 aromatic heterocycles. The molecule has 0 saturated carbocycles. The minimum atomic E-state index is -0.554. The third kappa shape index (κ3) is 3.75. The maximum Gasteiger partial charge on any atom is 0.356 e. The van der Waals surface area contributed by atoms with Crippen LogP contribution in [0.25, 0.3) is 5.69 Å². The molecule has 128 valence electrons. The van der Waals surface area contributed by atoms with Gasteiger partial charge >= 0.3 is 5.69 Å². The molecule has 0 spiro atoms. The number of anilines is 1. The quantitative estimate of drug-likeness (QED) is 0.411. The van der Waals surface area contributed by atoms with Crippen molar-refractivity contribution in [1.82, 2.24) is 20.0 Å². The molecule has 0 unspecified atom stereocenters. The number of nitrogens with zero attached hydrogens (tertiary/aromatic N) is 3. The van der Waals surface area contributed by atoms with Gasteiger partial charge in [0.05, 0.1) is 5.69 Å². The molecule has 3 aromatic rings. The molecule has 0 aliphatic heterocycles. The Morgan fingerprint density at radius 3 is 2.48 bits per heavy atom. The van der Waals surface area contributed by atoms with Crippen molar-refractivity contribution < 1.29 is 10.2 Å². The number of phenolic OH excluding ortho intramolecular Hbond substituents is 2. The number of phenols is 2. The van der Waals surface area contributed by atoms with Crippen molar-refractivity contribution in [2.24, 2.45) is 0 Å². The van der Waals surface area contributed by atoms with E-state index >= 15 is 0 Å². The van der Waals surface area contributed by atoms with Crippen LogP contribution in [-0.4, -0.2) is 24.7 Å². The number of aromatic nitrogens is 3. The summed E-state index contributed by atoms with van der Waals surface area (Å²) in [6.45, 7) is 2.19. The maximum atomic E-state index is 12.3. The zero-order chi connectivity index (χ0) is 17.8. The van der Waals surface area contributed by atoms with Crippen LogP contribution in [0.2, 0.25) is 0 Å². The molecular weight excluding hydrogens is 322 g/mol. The van der Waals surface area contributed by atoms with Gasteiger partial charge < -0.3 is 10.2 Å². The third-order valence-electron chi connectivity index (χ3n) is 3.54. The van der Waals surface area contributed by atoms with Crippen molar-refractivity contribution in [1.29, 1.82) is 0 Å². The van der Waals surface area contributed by atoms with Crippen LogP contribution in [0.4, 0.5) is 5.95 Å². The van der Waals surface area contributed by atoms with E-state index in [1.165, 1.54) is 22.8 Å². The van der Waals surface area contributed by atoms with Gasteiger partial charge in [0.15, 0.2) is 11.5 Å². The Morgan fingerprint density at radius 2 is 1.80 bits per heavy atom. The highest BCUT2D eigenvalue weighted by Gasteiger charge is 2.10. The molecule has 2 aromatic carbocycles. The van der Waals surface area contributed by atoms with Gasteiger partial charge in [0.25, 0.3) is 0 Å². The summed E-state index contributed by atoms with van der Waals surface area (Å²) < 4.78 is 1.24. The number of aromatic hydroxyl groups is 2. The van der Waals surface area contributed by atoms with Crippen LogP contribution in [0.5, 0.6) is 11.5 Å². The van der Waals surface area contributed by atoms with Crippen LogP contribution >= 0.6 is 0 Å². The first-order valence-corrected chi connectivity index (χ1v) is 7.57. The van der Waals surface area contributed by atoms with E-state index in [1.54, 1.807) is 6.92 Å². The largest absolute Gasteiger partial charge is 0.504 e. The van der Waals surface area contributed by atoms with E-state index in [0.29, 0.717) is 18.1 Å². The lowest BCUT2D eigenvalue weighted by atomic mass is 10.2. The summed E-state index contributed by atoms with van der Waals surface area (Å²) in [6.07, 6.45) is 0. The summed E-state index contributed by atoms with van der Waals surface area (Å²) in [5.74, 6) is -0.0546. The number of nitrogens with one attached hydrogen (secondary N) is 2. The lowest BCUT2D eigenvalue weighted by Crippen LogP contribution is -2.30. The van der Waals surface area contributed by atoms with Crippen LogP contribution in [0.1, 0.15) is 11.4 Å². The first-order valence-electron chi connectivity index (χ1n) is 7.57. The van der Waals surface area contributed by atoms with Crippen LogP contribution in [0.15, 0.2) is 53.3 Å². The molecule has 8 heteroatoms. The highest BCUT2D eigenvalue weighted by atomic mass is 16.3. The molecule has 0 aliphatic rings. The zero-order valence-electron chi connectivity index (χ0n) is 13.5. The third-order valence-corrected chi connectivity index (χ3v) is 3.54. The van der Waals surface area contributed by atoms with Crippen molar-refractivity contribution in [3.8, 4) is 17.2 Å². The summed E-state index contributed by atoms with van der Waals surface area (Å²) in [6, 6.07) is 13.8. The van der Waals surface area contributed by atoms with Gasteiger partial charge in [-0.15, -0.1) is 0 Å². The van der Waals surface area contributed by atoms with Crippen LogP contribution in [0, 0.1) is 6.92 Å². The van der Waals surface area contributed by atoms with Crippen LogP contribution in [-0.2, 0) is 6.54 Å². The fourth-order valence-electron chi connectivity index (χ4n) is 2.33. The standard InChI is InChI=1S/C17H17N5O3/c1-11-19-16(21-18-10-12-5-3-2-4-6-12)20-17(25)22(11)13-7-8-14(23)15(24)9-13/h2-9,18,23-24H,10H2,1H3,(H,20,21,25). The SMILES string of the molecule is Cc1nc(NNCc2ccccc2)nc(=O)n1-c1ccc(O)c(O)c1. The number of hydrazine groups is 1. The predicted molar refractivity (Wildman–Crippen MR) is 92.6 cm³/mol. The van der Waals surface area contributed by atoms with Crippen molar-refractivity contribution >= 4 is 5.95 Å². The van der Waals surface area contributed by atoms with Crippen molar-refractivity contribution in [2.45, 2.75) is 13.5 Å². The molecule has 0 amide bonds. The normalized spacial score (nSPS) is 10.6. The van der Waals surface area contributed by atoms with Crippen molar-refractivity contribution in [3.63, 3.8) is 0 Å². The van der Waals surface area contributed by atoms with Gasteiger partial charge in [0.2, 0.25) is 5.95 Å². The molecular formula is C17H17N5O3. The maximum absolute atomic E-state index is 12.3. The molecule has 3 rings (SSSR count). The minimum Gasteiger partial charge on any atom is -0.504 e.